The Morgan fingerprint density at radius 3 is 1.88 bits per heavy atom. The predicted octanol–water partition coefficient (Wildman–Crippen LogP) is 4.66. The third-order valence-corrected chi connectivity index (χ3v) is 3.82. The van der Waals surface area contributed by atoms with E-state index in [0.29, 0.717) is 0 Å². The number of methoxy groups -OCH3 is 3. The fourth-order valence-corrected chi connectivity index (χ4v) is 2.42. The first-order valence-corrected chi connectivity index (χ1v) is 8.72. The molecule has 0 atom stereocenters. The maximum absolute atomic E-state index is 5.41. The van der Waals surface area contributed by atoms with Gasteiger partial charge in [0, 0.05) is 0 Å². The summed E-state index contributed by atoms with van der Waals surface area (Å²) in [5, 5.41) is 0. The van der Waals surface area contributed by atoms with Crippen molar-refractivity contribution in [3.05, 3.63) is 53.6 Å². The van der Waals surface area contributed by atoms with Crippen LogP contribution in [0.1, 0.15) is 30.9 Å². The van der Waals surface area contributed by atoms with Gasteiger partial charge >= 0.3 is 0 Å². The van der Waals surface area contributed by atoms with Crippen molar-refractivity contribution in [3.8, 4) is 17.2 Å². The van der Waals surface area contributed by atoms with E-state index in [-0.39, 0.29) is 12.4 Å². The maximum atomic E-state index is 5.41. The van der Waals surface area contributed by atoms with Crippen molar-refractivity contribution in [3.63, 3.8) is 0 Å². The second-order valence-corrected chi connectivity index (χ2v) is 5.68. The van der Waals surface area contributed by atoms with Gasteiger partial charge in [0.2, 0.25) is 0 Å². The molecule has 0 fully saturated rings. The minimum absolute atomic E-state index is 0. The minimum Gasteiger partial charge on any atom is -0.497 e. The quantitative estimate of drug-likeness (QED) is 0.722. The summed E-state index contributed by atoms with van der Waals surface area (Å²) in [7, 11) is 4.99. The van der Waals surface area contributed by atoms with Crippen LogP contribution in [0.15, 0.2) is 42.5 Å². The van der Waals surface area contributed by atoms with Gasteiger partial charge in [0.1, 0.15) is 5.75 Å². The summed E-state index contributed by atoms with van der Waals surface area (Å²) in [4.78, 5) is 0. The van der Waals surface area contributed by atoms with Gasteiger partial charge in [-0.1, -0.05) is 31.5 Å². The summed E-state index contributed by atoms with van der Waals surface area (Å²) in [6.45, 7) is 2.92. The van der Waals surface area contributed by atoms with Crippen molar-refractivity contribution in [1.82, 2.24) is 0 Å². The second kappa shape index (κ2) is 14.3. The Morgan fingerprint density at radius 2 is 1.38 bits per heavy atom. The van der Waals surface area contributed by atoms with Gasteiger partial charge in [-0.15, -0.1) is 12.4 Å². The lowest BCUT2D eigenvalue weighted by Gasteiger charge is -2.08. The fraction of sp³-hybridized carbons (Fsp3) is 0.429. The van der Waals surface area contributed by atoms with E-state index in [9.17, 15) is 0 Å². The molecule has 146 valence electrons. The number of ether oxygens (including phenoxy) is 3. The first-order valence-electron chi connectivity index (χ1n) is 8.72. The predicted molar refractivity (Wildman–Crippen MR) is 111 cm³/mol. The fourth-order valence-electron chi connectivity index (χ4n) is 2.42. The van der Waals surface area contributed by atoms with Crippen molar-refractivity contribution in [2.75, 3.05) is 27.9 Å². The average molecular weight is 382 g/mol. The molecule has 26 heavy (non-hydrogen) atoms. The Morgan fingerprint density at radius 1 is 0.769 bits per heavy atom. The van der Waals surface area contributed by atoms with Gasteiger partial charge in [-0.3, -0.25) is 0 Å². The van der Waals surface area contributed by atoms with Crippen molar-refractivity contribution in [2.24, 2.45) is 5.73 Å². The molecule has 2 rings (SSSR count). The van der Waals surface area contributed by atoms with Gasteiger partial charge in [-0.25, -0.2) is 0 Å². The van der Waals surface area contributed by atoms with Gasteiger partial charge in [-0.2, -0.15) is 0 Å². The molecule has 2 N–H and O–H groups in total. The molecule has 0 saturated carbocycles. The molecule has 0 aromatic heterocycles. The van der Waals surface area contributed by atoms with Gasteiger partial charge in [0.15, 0.2) is 11.5 Å². The zero-order valence-electron chi connectivity index (χ0n) is 16.3. The topological polar surface area (TPSA) is 53.7 Å². The first kappa shape index (κ1) is 24.1. The van der Waals surface area contributed by atoms with E-state index < -0.39 is 0 Å². The third kappa shape index (κ3) is 8.45. The van der Waals surface area contributed by atoms with Crippen LogP contribution in [0.4, 0.5) is 0 Å². The molecule has 0 aliphatic heterocycles. The molecule has 0 spiro atoms. The zero-order chi connectivity index (χ0) is 18.5. The normalized spacial score (nSPS) is 9.42. The molecule has 0 aliphatic carbocycles. The number of hydrogen-bond donors (Lipinski definition) is 1. The molecule has 0 bridgehead atoms. The Bertz CT molecular complexity index is 603. The molecule has 0 heterocycles. The van der Waals surface area contributed by atoms with Crippen LogP contribution in [0.2, 0.25) is 0 Å². The summed E-state index contributed by atoms with van der Waals surface area (Å²) >= 11 is 0. The molecule has 2 aromatic rings. The Hall–Kier alpha value is -1.91. The van der Waals surface area contributed by atoms with E-state index in [1.165, 1.54) is 11.1 Å². The lowest BCUT2D eigenvalue weighted by molar-refractivity contribution is 0.354. The number of hydrogen-bond acceptors (Lipinski definition) is 4. The molecule has 0 saturated heterocycles. The van der Waals surface area contributed by atoms with Crippen molar-refractivity contribution in [1.29, 1.82) is 0 Å². The molecule has 0 amide bonds. The lowest BCUT2D eigenvalue weighted by Crippen LogP contribution is -2.00. The number of benzene rings is 2. The molecular weight excluding hydrogens is 350 g/mol. The van der Waals surface area contributed by atoms with Crippen molar-refractivity contribution in [2.45, 2.75) is 32.6 Å². The smallest absolute Gasteiger partial charge is 0.160 e. The Labute approximate surface area is 164 Å². The van der Waals surface area contributed by atoms with Gasteiger partial charge in [0.05, 0.1) is 21.3 Å². The lowest BCUT2D eigenvalue weighted by atomic mass is 10.1. The maximum Gasteiger partial charge on any atom is 0.160 e. The van der Waals surface area contributed by atoms with Gasteiger partial charge in [-0.05, 0) is 61.2 Å². The van der Waals surface area contributed by atoms with E-state index in [2.05, 4.69) is 25.1 Å². The largest absolute Gasteiger partial charge is 0.497 e. The zero-order valence-corrected chi connectivity index (χ0v) is 17.1. The van der Waals surface area contributed by atoms with Crippen LogP contribution in [0, 0.1) is 0 Å². The molecule has 0 aliphatic rings. The highest BCUT2D eigenvalue weighted by Crippen LogP contribution is 2.27. The second-order valence-electron chi connectivity index (χ2n) is 5.68. The molecule has 4 nitrogen and oxygen atoms in total. The standard InChI is InChI=1S/C11H16O2.C10H15NO.ClH/c1-4-5-9-6-7-10(12-2)11(8-9)13-3;1-12-10-6-4-9(5-7-10)3-2-8-11;/h6-8H,4-5H2,1-3H3;4-7H,2-3,8,11H2,1H3;1H. The summed E-state index contributed by atoms with van der Waals surface area (Å²) in [5.74, 6) is 2.52. The van der Waals surface area contributed by atoms with E-state index >= 15 is 0 Å². The van der Waals surface area contributed by atoms with Crippen molar-refractivity contribution < 1.29 is 14.2 Å². The van der Waals surface area contributed by atoms with Crippen LogP contribution < -0.4 is 19.9 Å². The number of nitrogens with two attached hydrogens (primary N) is 1. The van der Waals surface area contributed by atoms with Crippen LogP contribution in [-0.2, 0) is 12.8 Å². The molecule has 0 radical (unpaired) electrons. The third-order valence-electron chi connectivity index (χ3n) is 3.82. The first-order chi connectivity index (χ1) is 12.2. The number of rotatable bonds is 8. The van der Waals surface area contributed by atoms with Crippen LogP contribution >= 0.6 is 12.4 Å². The highest BCUT2D eigenvalue weighted by molar-refractivity contribution is 5.85. The van der Waals surface area contributed by atoms with Crippen LogP contribution in [0.5, 0.6) is 17.2 Å². The van der Waals surface area contributed by atoms with Crippen LogP contribution in [0.3, 0.4) is 0 Å². The summed E-state index contributed by atoms with van der Waals surface area (Å²) in [5.41, 5.74) is 8.02. The van der Waals surface area contributed by atoms with E-state index in [4.69, 9.17) is 19.9 Å². The van der Waals surface area contributed by atoms with Crippen LogP contribution in [0.25, 0.3) is 0 Å². The van der Waals surface area contributed by atoms with Gasteiger partial charge in [0.25, 0.3) is 0 Å². The van der Waals surface area contributed by atoms with E-state index in [0.717, 1.165) is 49.5 Å². The molecular formula is C21H32ClNO3. The van der Waals surface area contributed by atoms with E-state index in [1.807, 2.05) is 24.3 Å². The summed E-state index contributed by atoms with van der Waals surface area (Å²) < 4.78 is 15.4. The Balaban J connectivity index is 0.000000464. The van der Waals surface area contributed by atoms with Gasteiger partial charge < -0.3 is 19.9 Å². The number of halogens is 1. The van der Waals surface area contributed by atoms with E-state index in [1.54, 1.807) is 21.3 Å². The molecule has 2 aromatic carbocycles. The van der Waals surface area contributed by atoms with Crippen LogP contribution in [-0.4, -0.2) is 27.9 Å². The molecule has 0 unspecified atom stereocenters. The Kier molecular flexibility index (Phi) is 13.2. The molecule has 5 heteroatoms. The van der Waals surface area contributed by atoms with Crippen molar-refractivity contribution >= 4 is 12.4 Å². The number of aryl methyl sites for hydroxylation is 2. The highest BCUT2D eigenvalue weighted by atomic mass is 35.5. The monoisotopic (exact) mass is 381 g/mol. The average Bonchev–Trinajstić information content (AvgIpc) is 2.67. The SMILES string of the molecule is CCCc1ccc(OC)c(OC)c1.COc1ccc(CCCN)cc1.Cl. The summed E-state index contributed by atoms with van der Waals surface area (Å²) in [6.07, 6.45) is 4.34. The highest BCUT2D eigenvalue weighted by Gasteiger charge is 2.03. The minimum atomic E-state index is 0. The summed E-state index contributed by atoms with van der Waals surface area (Å²) in [6, 6.07) is 14.2.